The van der Waals surface area contributed by atoms with Gasteiger partial charge in [-0.3, -0.25) is 0 Å². The molecule has 1 rings (SSSR count). The molecule has 1 heterocycles. The summed E-state index contributed by atoms with van der Waals surface area (Å²) >= 11 is 0. The molecular formula is C8H17N5. The van der Waals surface area contributed by atoms with E-state index in [1.165, 1.54) is 32.0 Å². The molecule has 0 aromatic rings. The average molecular weight is 183 g/mol. The lowest BCUT2D eigenvalue weighted by molar-refractivity contribution is 0.431. The van der Waals surface area contributed by atoms with Crippen LogP contribution in [0.3, 0.4) is 0 Å². The molecule has 1 aliphatic heterocycles. The fraction of sp³-hybridized carbons (Fsp3) is 0.750. The second-order valence-corrected chi connectivity index (χ2v) is 3.15. The Morgan fingerprint density at radius 1 is 1.15 bits per heavy atom. The van der Waals surface area contributed by atoms with Gasteiger partial charge in [0.05, 0.1) is 0 Å². The van der Waals surface area contributed by atoms with Crippen LogP contribution in [0.2, 0.25) is 0 Å². The van der Waals surface area contributed by atoms with Gasteiger partial charge in [0.1, 0.15) is 6.34 Å². The van der Waals surface area contributed by atoms with Gasteiger partial charge in [-0.2, -0.15) is 5.10 Å². The van der Waals surface area contributed by atoms with Crippen molar-refractivity contribution >= 4 is 12.3 Å². The molecule has 13 heavy (non-hydrogen) atoms. The van der Waals surface area contributed by atoms with E-state index in [-0.39, 0.29) is 0 Å². The highest BCUT2D eigenvalue weighted by Crippen LogP contribution is 2.08. The molecule has 0 radical (unpaired) electrons. The minimum Gasteiger partial charge on any atom is -0.369 e. The summed E-state index contributed by atoms with van der Waals surface area (Å²) in [4.78, 5) is 5.99. The SMILES string of the molecule is N/N=C/N=C(N)N1CCCCCC1. The second-order valence-electron chi connectivity index (χ2n) is 3.15. The zero-order chi connectivity index (χ0) is 9.52. The highest BCUT2D eigenvalue weighted by molar-refractivity contribution is 5.85. The third kappa shape index (κ3) is 3.31. The van der Waals surface area contributed by atoms with Crippen molar-refractivity contribution in [2.45, 2.75) is 25.7 Å². The lowest BCUT2D eigenvalue weighted by atomic mass is 10.2. The van der Waals surface area contributed by atoms with Crippen molar-refractivity contribution < 1.29 is 0 Å². The van der Waals surface area contributed by atoms with Crippen molar-refractivity contribution in [1.82, 2.24) is 4.90 Å². The maximum absolute atomic E-state index is 5.73. The Morgan fingerprint density at radius 2 is 1.77 bits per heavy atom. The molecule has 0 aromatic heterocycles. The number of guanidine groups is 1. The summed E-state index contributed by atoms with van der Waals surface area (Å²) in [7, 11) is 0. The van der Waals surface area contributed by atoms with Gasteiger partial charge in [0.2, 0.25) is 0 Å². The van der Waals surface area contributed by atoms with Crippen LogP contribution in [0.15, 0.2) is 10.1 Å². The summed E-state index contributed by atoms with van der Waals surface area (Å²) in [5, 5.41) is 3.27. The van der Waals surface area contributed by atoms with Crippen molar-refractivity contribution in [3.63, 3.8) is 0 Å². The van der Waals surface area contributed by atoms with E-state index in [2.05, 4.69) is 15.0 Å². The molecular weight excluding hydrogens is 166 g/mol. The molecule has 1 aliphatic rings. The number of rotatable bonds is 1. The number of hydrazone groups is 1. The molecule has 0 bridgehead atoms. The first-order valence-corrected chi connectivity index (χ1v) is 4.64. The molecule has 5 heteroatoms. The quantitative estimate of drug-likeness (QED) is 0.261. The largest absolute Gasteiger partial charge is 0.369 e. The zero-order valence-corrected chi connectivity index (χ0v) is 7.82. The minimum atomic E-state index is 0.524. The molecule has 1 fully saturated rings. The van der Waals surface area contributed by atoms with Crippen LogP contribution in [0.4, 0.5) is 0 Å². The van der Waals surface area contributed by atoms with Crippen LogP contribution < -0.4 is 11.6 Å². The predicted octanol–water partition coefficient (Wildman–Crippen LogP) is 0.0791. The van der Waals surface area contributed by atoms with Gasteiger partial charge in [-0.1, -0.05) is 12.8 Å². The van der Waals surface area contributed by atoms with Gasteiger partial charge in [-0.15, -0.1) is 0 Å². The second kappa shape index (κ2) is 5.40. The van der Waals surface area contributed by atoms with Gasteiger partial charge in [0.25, 0.3) is 0 Å². The van der Waals surface area contributed by atoms with Crippen LogP contribution in [0.1, 0.15) is 25.7 Å². The Hall–Kier alpha value is -1.26. The molecule has 74 valence electrons. The van der Waals surface area contributed by atoms with E-state index in [9.17, 15) is 0 Å². The van der Waals surface area contributed by atoms with Gasteiger partial charge in [-0.25, -0.2) is 4.99 Å². The lowest BCUT2D eigenvalue weighted by Gasteiger charge is -2.20. The van der Waals surface area contributed by atoms with Gasteiger partial charge < -0.3 is 16.5 Å². The standard InChI is InChI=1S/C8H17N5/c9-8(11-7-12-10)13-5-3-1-2-4-6-13/h7H,1-6,10H2,(H2,9,11,12). The van der Waals surface area contributed by atoms with Gasteiger partial charge >= 0.3 is 0 Å². The van der Waals surface area contributed by atoms with Gasteiger partial charge in [0, 0.05) is 13.1 Å². The van der Waals surface area contributed by atoms with Crippen molar-refractivity contribution in [3.8, 4) is 0 Å². The Bertz CT molecular complexity index is 191. The van der Waals surface area contributed by atoms with Crippen LogP contribution in [-0.2, 0) is 0 Å². The Morgan fingerprint density at radius 3 is 2.31 bits per heavy atom. The topological polar surface area (TPSA) is 80.0 Å². The summed E-state index contributed by atoms with van der Waals surface area (Å²) in [5.74, 6) is 5.45. The molecule has 0 spiro atoms. The number of nitrogens with zero attached hydrogens (tertiary/aromatic N) is 3. The summed E-state index contributed by atoms with van der Waals surface area (Å²) < 4.78 is 0. The Labute approximate surface area is 78.5 Å². The Balaban J connectivity index is 2.47. The summed E-state index contributed by atoms with van der Waals surface area (Å²) in [6.45, 7) is 1.99. The van der Waals surface area contributed by atoms with E-state index in [0.29, 0.717) is 5.96 Å². The molecule has 0 saturated carbocycles. The van der Waals surface area contributed by atoms with Crippen molar-refractivity contribution in [1.29, 1.82) is 0 Å². The minimum absolute atomic E-state index is 0.524. The normalized spacial score (nSPS) is 20.6. The monoisotopic (exact) mass is 183 g/mol. The smallest absolute Gasteiger partial charge is 0.197 e. The van der Waals surface area contributed by atoms with E-state index in [0.717, 1.165) is 13.1 Å². The molecule has 4 N–H and O–H groups in total. The van der Waals surface area contributed by atoms with Crippen LogP contribution >= 0.6 is 0 Å². The lowest BCUT2D eigenvalue weighted by Crippen LogP contribution is -2.38. The number of hydrogen-bond donors (Lipinski definition) is 2. The van der Waals surface area contributed by atoms with Crippen molar-refractivity contribution in [3.05, 3.63) is 0 Å². The maximum Gasteiger partial charge on any atom is 0.197 e. The van der Waals surface area contributed by atoms with Crippen LogP contribution in [0.5, 0.6) is 0 Å². The average Bonchev–Trinajstić information content (AvgIpc) is 2.42. The van der Waals surface area contributed by atoms with Crippen LogP contribution in [-0.4, -0.2) is 30.3 Å². The van der Waals surface area contributed by atoms with Gasteiger partial charge in [-0.05, 0) is 12.8 Å². The predicted molar refractivity (Wildman–Crippen MR) is 54.3 cm³/mol. The highest BCUT2D eigenvalue weighted by Gasteiger charge is 2.09. The molecule has 0 amide bonds. The molecule has 0 atom stereocenters. The van der Waals surface area contributed by atoms with E-state index in [1.54, 1.807) is 0 Å². The third-order valence-electron chi connectivity index (χ3n) is 2.19. The van der Waals surface area contributed by atoms with Crippen molar-refractivity contribution in [2.24, 2.45) is 21.7 Å². The van der Waals surface area contributed by atoms with Crippen molar-refractivity contribution in [2.75, 3.05) is 13.1 Å². The number of likely N-dealkylation sites (tertiary alicyclic amines) is 1. The zero-order valence-electron chi connectivity index (χ0n) is 7.82. The summed E-state index contributed by atoms with van der Waals surface area (Å²) in [6.07, 6.45) is 6.23. The van der Waals surface area contributed by atoms with Crippen LogP contribution in [0, 0.1) is 0 Å². The molecule has 0 unspecified atom stereocenters. The summed E-state index contributed by atoms with van der Waals surface area (Å²) in [6, 6.07) is 0. The first-order chi connectivity index (χ1) is 6.34. The molecule has 0 aromatic carbocycles. The van der Waals surface area contributed by atoms with E-state index in [1.807, 2.05) is 0 Å². The number of aliphatic imine (C=N–C) groups is 1. The third-order valence-corrected chi connectivity index (χ3v) is 2.19. The first kappa shape index (κ1) is 9.83. The molecule has 5 nitrogen and oxygen atoms in total. The first-order valence-electron chi connectivity index (χ1n) is 4.64. The van der Waals surface area contributed by atoms with Gasteiger partial charge in [0.15, 0.2) is 5.96 Å². The Kier molecular flexibility index (Phi) is 4.08. The number of nitrogens with two attached hydrogens (primary N) is 2. The fourth-order valence-electron chi connectivity index (χ4n) is 1.47. The molecule has 0 aliphatic carbocycles. The maximum atomic E-state index is 5.73. The summed E-state index contributed by atoms with van der Waals surface area (Å²) in [5.41, 5.74) is 5.73. The number of hydrogen-bond acceptors (Lipinski definition) is 2. The van der Waals surface area contributed by atoms with E-state index < -0.39 is 0 Å². The fourth-order valence-corrected chi connectivity index (χ4v) is 1.47. The highest BCUT2D eigenvalue weighted by atomic mass is 15.3. The van der Waals surface area contributed by atoms with E-state index in [4.69, 9.17) is 11.6 Å². The molecule has 1 saturated heterocycles. The van der Waals surface area contributed by atoms with E-state index >= 15 is 0 Å². The van der Waals surface area contributed by atoms with Crippen LogP contribution in [0.25, 0.3) is 0 Å².